The zero-order valence-corrected chi connectivity index (χ0v) is 14.2. The topological polar surface area (TPSA) is 80.0 Å². The molecule has 4 rings (SSSR count). The fraction of sp³-hybridized carbons (Fsp3) is 0.357. The number of aromatic nitrogens is 3. The number of halogens is 3. The molecule has 23 heavy (non-hydrogen) atoms. The number of rotatable bonds is 3. The lowest BCUT2D eigenvalue weighted by Crippen LogP contribution is -2.39. The molecule has 120 valence electrons. The second-order valence-electron chi connectivity index (χ2n) is 5.74. The molecule has 2 aromatic rings. The number of hydrogen-bond acceptors (Lipinski definition) is 5. The van der Waals surface area contributed by atoms with Crippen molar-refractivity contribution in [1.29, 1.82) is 0 Å². The molecule has 5 nitrogen and oxygen atoms in total. The smallest absolute Gasteiger partial charge is 0.155 e. The molecule has 0 unspecified atom stereocenters. The van der Waals surface area contributed by atoms with Crippen LogP contribution in [0.15, 0.2) is 33.9 Å². The zero-order chi connectivity index (χ0) is 16.2. The van der Waals surface area contributed by atoms with Gasteiger partial charge in [0.15, 0.2) is 5.17 Å². The number of aliphatic imine (C=N–C) groups is 1. The minimum absolute atomic E-state index is 0.216. The second-order valence-corrected chi connectivity index (χ2v) is 8.00. The van der Waals surface area contributed by atoms with Crippen molar-refractivity contribution in [1.82, 2.24) is 15.4 Å². The molecule has 0 saturated heterocycles. The van der Waals surface area contributed by atoms with Gasteiger partial charge < -0.3 is 5.73 Å². The summed E-state index contributed by atoms with van der Waals surface area (Å²) in [6.07, 6.45) is 2.22. The minimum atomic E-state index is -1.33. The van der Waals surface area contributed by atoms with E-state index in [0.717, 1.165) is 0 Å². The maximum Gasteiger partial charge on any atom is 0.155 e. The third kappa shape index (κ3) is 2.06. The van der Waals surface area contributed by atoms with Gasteiger partial charge in [-0.2, -0.15) is 15.4 Å². The summed E-state index contributed by atoms with van der Waals surface area (Å²) in [5, 5.41) is 10.8. The van der Waals surface area contributed by atoms with Crippen molar-refractivity contribution in [3.8, 4) is 0 Å². The van der Waals surface area contributed by atoms with E-state index in [4.69, 9.17) is 5.73 Å². The van der Waals surface area contributed by atoms with Gasteiger partial charge >= 0.3 is 0 Å². The van der Waals surface area contributed by atoms with Crippen LogP contribution < -0.4 is 5.73 Å². The van der Waals surface area contributed by atoms with Crippen molar-refractivity contribution in [2.75, 3.05) is 6.67 Å². The van der Waals surface area contributed by atoms with Gasteiger partial charge in [-0.25, -0.2) is 13.8 Å². The van der Waals surface area contributed by atoms with E-state index in [1.54, 1.807) is 18.3 Å². The third-order valence-electron chi connectivity index (χ3n) is 4.53. The average Bonchev–Trinajstić information content (AvgIpc) is 3.02. The molecule has 9 heteroatoms. The number of thioether (sulfide) groups is 1. The first-order chi connectivity index (χ1) is 11.0. The van der Waals surface area contributed by atoms with E-state index in [0.29, 0.717) is 16.6 Å². The largest absolute Gasteiger partial charge is 0.378 e. The van der Waals surface area contributed by atoms with Crippen LogP contribution in [0.2, 0.25) is 0 Å². The first-order valence-corrected chi connectivity index (χ1v) is 8.55. The Hall–Kier alpha value is -1.48. The Morgan fingerprint density at radius 2 is 2.30 bits per heavy atom. The molecule has 0 bridgehead atoms. The number of alkyl halides is 1. The van der Waals surface area contributed by atoms with Crippen LogP contribution in [0.3, 0.4) is 0 Å². The Bertz CT molecular complexity index is 798. The molecule has 1 saturated carbocycles. The summed E-state index contributed by atoms with van der Waals surface area (Å²) < 4.78 is 28.8. The molecule has 1 fully saturated rings. The molecule has 2 aliphatic rings. The molecule has 1 aliphatic carbocycles. The summed E-state index contributed by atoms with van der Waals surface area (Å²) >= 11 is 4.66. The minimum Gasteiger partial charge on any atom is -0.378 e. The molecule has 1 aromatic carbocycles. The van der Waals surface area contributed by atoms with Gasteiger partial charge in [-0.15, -0.1) is 0 Å². The van der Waals surface area contributed by atoms with Gasteiger partial charge in [0, 0.05) is 16.0 Å². The lowest BCUT2D eigenvalue weighted by molar-refractivity contribution is 0.263. The number of amidine groups is 1. The van der Waals surface area contributed by atoms with Gasteiger partial charge in [-0.1, -0.05) is 27.7 Å². The number of H-pyrrole nitrogens is 1. The van der Waals surface area contributed by atoms with E-state index in [9.17, 15) is 8.78 Å². The van der Waals surface area contributed by atoms with E-state index >= 15 is 0 Å². The number of nitrogens with zero attached hydrogens (tertiary/aromatic N) is 3. The van der Waals surface area contributed by atoms with Crippen molar-refractivity contribution >= 4 is 32.9 Å². The summed E-state index contributed by atoms with van der Waals surface area (Å²) in [4.78, 5) is 4.35. The maximum atomic E-state index is 14.4. The molecule has 3 atom stereocenters. The van der Waals surface area contributed by atoms with Crippen molar-refractivity contribution in [3.63, 3.8) is 0 Å². The van der Waals surface area contributed by atoms with E-state index in [-0.39, 0.29) is 16.6 Å². The molecule has 1 aromatic heterocycles. The summed E-state index contributed by atoms with van der Waals surface area (Å²) in [5.41, 5.74) is 5.55. The van der Waals surface area contributed by atoms with Crippen molar-refractivity contribution < 1.29 is 8.78 Å². The Morgan fingerprint density at radius 3 is 3.00 bits per heavy atom. The Balaban J connectivity index is 1.89. The second kappa shape index (κ2) is 5.01. The summed E-state index contributed by atoms with van der Waals surface area (Å²) in [6.45, 7) is -0.827. The fourth-order valence-electron chi connectivity index (χ4n) is 3.41. The predicted octanol–water partition coefficient (Wildman–Crippen LogP) is 2.85. The summed E-state index contributed by atoms with van der Waals surface area (Å²) in [5.74, 6) is -0.721. The van der Waals surface area contributed by atoms with Crippen molar-refractivity contribution in [2.45, 2.75) is 16.7 Å². The van der Waals surface area contributed by atoms with Crippen LogP contribution in [0.25, 0.3) is 0 Å². The normalized spacial score (nSPS) is 32.3. The number of nitrogens with one attached hydrogen (secondary N) is 1. The molecular weight excluding hydrogens is 388 g/mol. The van der Waals surface area contributed by atoms with E-state index in [2.05, 4.69) is 36.3 Å². The van der Waals surface area contributed by atoms with Gasteiger partial charge in [0.1, 0.15) is 18.0 Å². The molecular formula is C14H12BrF2N5S. The fourth-order valence-corrected chi connectivity index (χ4v) is 5.14. The standard InChI is InChI=1S/C14H12BrF2N5S/c15-7-1-2-9(17)8(3-7)13(6-16)10-4-14(10,23-12(18)20-13)11-5-19-22-21-11/h1-3,5,10H,4,6H2,(H2,18,20)(H,19,21,22)/t10-,13+,14-/m0/s1. The summed E-state index contributed by atoms with van der Waals surface area (Å²) in [6, 6.07) is 4.46. The lowest BCUT2D eigenvalue weighted by Gasteiger charge is -2.34. The molecule has 2 heterocycles. The average molecular weight is 400 g/mol. The molecule has 1 aliphatic heterocycles. The Labute approximate surface area is 143 Å². The van der Waals surface area contributed by atoms with Crippen LogP contribution in [-0.4, -0.2) is 27.3 Å². The quantitative estimate of drug-likeness (QED) is 0.831. The monoisotopic (exact) mass is 399 g/mol. The first kappa shape index (κ1) is 15.1. The lowest BCUT2D eigenvalue weighted by atomic mass is 9.84. The highest BCUT2D eigenvalue weighted by atomic mass is 79.9. The number of aromatic amines is 1. The molecule has 0 amide bonds. The van der Waals surface area contributed by atoms with Gasteiger partial charge in [0.25, 0.3) is 0 Å². The maximum absolute atomic E-state index is 14.4. The molecule has 0 radical (unpaired) electrons. The van der Waals surface area contributed by atoms with Crippen LogP contribution in [0.5, 0.6) is 0 Å². The van der Waals surface area contributed by atoms with Crippen LogP contribution in [0, 0.1) is 11.7 Å². The number of hydrogen-bond donors (Lipinski definition) is 2. The van der Waals surface area contributed by atoms with Crippen molar-refractivity contribution in [3.05, 3.63) is 45.9 Å². The highest BCUT2D eigenvalue weighted by Crippen LogP contribution is 2.70. The van der Waals surface area contributed by atoms with Gasteiger partial charge in [0.2, 0.25) is 0 Å². The predicted molar refractivity (Wildman–Crippen MR) is 87.1 cm³/mol. The molecule has 0 spiro atoms. The van der Waals surface area contributed by atoms with Crippen LogP contribution in [0.4, 0.5) is 8.78 Å². The van der Waals surface area contributed by atoms with E-state index in [1.807, 2.05) is 0 Å². The zero-order valence-electron chi connectivity index (χ0n) is 11.8. The Kier molecular flexibility index (Phi) is 3.28. The SMILES string of the molecule is NC1=N[C@](CF)(c2cc(Br)ccc2F)[C@@H]2C[C@]2(c2cn[nH]n2)S1. The van der Waals surface area contributed by atoms with Crippen molar-refractivity contribution in [2.24, 2.45) is 16.6 Å². The van der Waals surface area contributed by atoms with Crippen LogP contribution >= 0.6 is 27.7 Å². The molecule has 3 N–H and O–H groups in total. The van der Waals surface area contributed by atoms with Gasteiger partial charge in [-0.3, -0.25) is 0 Å². The van der Waals surface area contributed by atoms with E-state index in [1.165, 1.54) is 17.8 Å². The first-order valence-electron chi connectivity index (χ1n) is 6.94. The summed E-state index contributed by atoms with van der Waals surface area (Å²) in [7, 11) is 0. The Morgan fingerprint density at radius 1 is 1.48 bits per heavy atom. The number of nitrogens with two attached hydrogens (primary N) is 1. The highest BCUT2D eigenvalue weighted by molar-refractivity contribution is 9.10. The van der Waals surface area contributed by atoms with Crippen LogP contribution in [0.1, 0.15) is 17.7 Å². The van der Waals surface area contributed by atoms with E-state index < -0.39 is 22.8 Å². The number of fused-ring (bicyclic) bond motifs is 1. The van der Waals surface area contributed by atoms with Gasteiger partial charge in [0.05, 0.1) is 16.6 Å². The number of benzene rings is 1. The van der Waals surface area contributed by atoms with Crippen LogP contribution in [-0.2, 0) is 10.3 Å². The highest BCUT2D eigenvalue weighted by Gasteiger charge is 2.70. The van der Waals surface area contributed by atoms with Gasteiger partial charge in [-0.05, 0) is 24.6 Å². The third-order valence-corrected chi connectivity index (χ3v) is 6.35.